The SMILES string of the molecule is CCOC(=O)c1sc(-c2ccc(-c3cccc(C=O)c3)s2)nc1C. The Kier molecular flexibility index (Phi) is 4.87. The summed E-state index contributed by atoms with van der Waals surface area (Å²) in [6, 6.07) is 11.5. The maximum absolute atomic E-state index is 11.9. The fourth-order valence-corrected chi connectivity index (χ4v) is 4.28. The summed E-state index contributed by atoms with van der Waals surface area (Å²) in [5, 5.41) is 0.804. The Hall–Kier alpha value is -2.31. The van der Waals surface area contributed by atoms with Gasteiger partial charge in [0.1, 0.15) is 16.2 Å². The third-order valence-electron chi connectivity index (χ3n) is 3.38. The van der Waals surface area contributed by atoms with Gasteiger partial charge in [0.25, 0.3) is 0 Å². The summed E-state index contributed by atoms with van der Waals surface area (Å²) in [5.74, 6) is -0.325. The monoisotopic (exact) mass is 357 g/mol. The van der Waals surface area contributed by atoms with Gasteiger partial charge in [-0.15, -0.1) is 22.7 Å². The lowest BCUT2D eigenvalue weighted by Crippen LogP contribution is -2.03. The van der Waals surface area contributed by atoms with Crippen molar-refractivity contribution in [1.82, 2.24) is 4.98 Å². The van der Waals surface area contributed by atoms with Crippen LogP contribution in [0, 0.1) is 6.92 Å². The van der Waals surface area contributed by atoms with Crippen LogP contribution in [0.2, 0.25) is 0 Å². The van der Waals surface area contributed by atoms with Crippen molar-refractivity contribution in [3.05, 3.63) is 52.5 Å². The molecule has 1 aromatic carbocycles. The molecular formula is C18H15NO3S2. The highest BCUT2D eigenvalue weighted by atomic mass is 32.1. The van der Waals surface area contributed by atoms with E-state index in [-0.39, 0.29) is 5.97 Å². The van der Waals surface area contributed by atoms with Crippen molar-refractivity contribution in [3.63, 3.8) is 0 Å². The molecule has 0 fully saturated rings. The van der Waals surface area contributed by atoms with E-state index in [4.69, 9.17) is 4.74 Å². The summed E-state index contributed by atoms with van der Waals surface area (Å²) in [6.07, 6.45) is 0.841. The second-order valence-electron chi connectivity index (χ2n) is 5.06. The number of nitrogens with zero attached hydrogens (tertiary/aromatic N) is 1. The number of hydrogen-bond donors (Lipinski definition) is 0. The van der Waals surface area contributed by atoms with E-state index in [2.05, 4.69) is 4.98 Å². The molecule has 2 aromatic heterocycles. The molecule has 0 saturated carbocycles. The molecular weight excluding hydrogens is 342 g/mol. The van der Waals surface area contributed by atoms with Gasteiger partial charge in [0.2, 0.25) is 0 Å². The van der Waals surface area contributed by atoms with E-state index in [0.29, 0.717) is 22.7 Å². The predicted molar refractivity (Wildman–Crippen MR) is 96.9 cm³/mol. The number of aldehydes is 1. The topological polar surface area (TPSA) is 56.3 Å². The minimum absolute atomic E-state index is 0.325. The first-order valence-electron chi connectivity index (χ1n) is 7.42. The van der Waals surface area contributed by atoms with E-state index in [0.717, 1.165) is 26.6 Å². The molecule has 0 aliphatic rings. The number of benzene rings is 1. The molecule has 0 aliphatic heterocycles. The largest absolute Gasteiger partial charge is 0.462 e. The van der Waals surface area contributed by atoms with Crippen molar-refractivity contribution in [1.29, 1.82) is 0 Å². The normalized spacial score (nSPS) is 10.6. The van der Waals surface area contributed by atoms with Gasteiger partial charge in [-0.3, -0.25) is 4.79 Å². The van der Waals surface area contributed by atoms with Crippen LogP contribution < -0.4 is 0 Å². The summed E-state index contributed by atoms with van der Waals surface area (Å²) in [5.41, 5.74) is 2.33. The minimum atomic E-state index is -0.325. The van der Waals surface area contributed by atoms with Crippen LogP contribution in [0.25, 0.3) is 20.3 Å². The van der Waals surface area contributed by atoms with Crippen LogP contribution >= 0.6 is 22.7 Å². The third-order valence-corrected chi connectivity index (χ3v) is 5.82. The zero-order valence-electron chi connectivity index (χ0n) is 13.2. The Morgan fingerprint density at radius 2 is 2.00 bits per heavy atom. The molecule has 0 radical (unpaired) electrons. The molecule has 24 heavy (non-hydrogen) atoms. The first kappa shape index (κ1) is 16.5. The van der Waals surface area contributed by atoms with E-state index < -0.39 is 0 Å². The highest BCUT2D eigenvalue weighted by molar-refractivity contribution is 7.24. The molecule has 122 valence electrons. The van der Waals surface area contributed by atoms with Crippen LogP contribution in [0.5, 0.6) is 0 Å². The van der Waals surface area contributed by atoms with Crippen LogP contribution in [-0.4, -0.2) is 23.8 Å². The molecule has 0 saturated heterocycles. The van der Waals surface area contributed by atoms with Gasteiger partial charge in [-0.05, 0) is 37.6 Å². The number of thiazole rings is 1. The number of aryl methyl sites for hydroxylation is 1. The van der Waals surface area contributed by atoms with Crippen LogP contribution in [0.1, 0.15) is 32.6 Å². The number of carbonyl (C=O) groups excluding carboxylic acids is 2. The predicted octanol–water partition coefficient (Wildman–Crippen LogP) is 4.84. The Bertz CT molecular complexity index is 895. The molecule has 6 heteroatoms. The Labute approximate surface area is 147 Å². The van der Waals surface area contributed by atoms with Gasteiger partial charge in [0, 0.05) is 10.4 Å². The molecule has 4 nitrogen and oxygen atoms in total. The Morgan fingerprint density at radius 3 is 2.75 bits per heavy atom. The van der Waals surface area contributed by atoms with Gasteiger partial charge in [-0.2, -0.15) is 0 Å². The summed E-state index contributed by atoms with van der Waals surface area (Å²) < 4.78 is 5.06. The average molecular weight is 357 g/mol. The van der Waals surface area contributed by atoms with Gasteiger partial charge in [0.15, 0.2) is 0 Å². The maximum Gasteiger partial charge on any atom is 0.350 e. The highest BCUT2D eigenvalue weighted by Crippen LogP contribution is 2.37. The van der Waals surface area contributed by atoms with Crippen molar-refractivity contribution in [2.45, 2.75) is 13.8 Å². The molecule has 0 N–H and O–H groups in total. The van der Waals surface area contributed by atoms with Gasteiger partial charge in [0.05, 0.1) is 17.2 Å². The van der Waals surface area contributed by atoms with Crippen LogP contribution in [0.4, 0.5) is 0 Å². The van der Waals surface area contributed by atoms with Gasteiger partial charge in [-0.25, -0.2) is 9.78 Å². The number of aromatic nitrogens is 1. The van der Waals surface area contributed by atoms with Crippen LogP contribution in [-0.2, 0) is 4.74 Å². The zero-order valence-corrected chi connectivity index (χ0v) is 14.9. The molecule has 0 unspecified atom stereocenters. The lowest BCUT2D eigenvalue weighted by Gasteiger charge is -1.98. The smallest absolute Gasteiger partial charge is 0.350 e. The fourth-order valence-electron chi connectivity index (χ4n) is 2.26. The maximum atomic E-state index is 11.9. The summed E-state index contributed by atoms with van der Waals surface area (Å²) in [7, 11) is 0. The van der Waals surface area contributed by atoms with Crippen molar-refractivity contribution >= 4 is 34.9 Å². The molecule has 0 amide bonds. The fraction of sp³-hybridized carbons (Fsp3) is 0.167. The summed E-state index contributed by atoms with van der Waals surface area (Å²) in [6.45, 7) is 3.95. The number of ether oxygens (including phenoxy) is 1. The van der Waals surface area contributed by atoms with E-state index in [1.807, 2.05) is 37.3 Å². The molecule has 0 spiro atoms. The number of hydrogen-bond acceptors (Lipinski definition) is 6. The lowest BCUT2D eigenvalue weighted by atomic mass is 10.1. The number of thiophene rings is 1. The number of rotatable bonds is 5. The van der Waals surface area contributed by atoms with Gasteiger partial charge in [-0.1, -0.05) is 18.2 Å². The number of carbonyl (C=O) groups is 2. The Balaban J connectivity index is 1.92. The lowest BCUT2D eigenvalue weighted by molar-refractivity contribution is 0.0531. The van der Waals surface area contributed by atoms with Gasteiger partial charge < -0.3 is 4.74 Å². The van der Waals surface area contributed by atoms with Crippen molar-refractivity contribution in [3.8, 4) is 20.3 Å². The average Bonchev–Trinajstić information content (AvgIpc) is 3.22. The first-order valence-corrected chi connectivity index (χ1v) is 9.06. The van der Waals surface area contributed by atoms with E-state index >= 15 is 0 Å². The molecule has 3 aromatic rings. The molecule has 0 bridgehead atoms. The minimum Gasteiger partial charge on any atom is -0.462 e. The summed E-state index contributed by atoms with van der Waals surface area (Å²) >= 11 is 2.93. The molecule has 2 heterocycles. The first-order chi connectivity index (χ1) is 11.6. The standard InChI is InChI=1S/C18H15NO3S2/c1-3-22-18(21)16-11(2)19-17(24-16)15-8-7-14(23-15)13-6-4-5-12(9-13)10-20/h4-10H,3H2,1-2H3. The molecule has 0 aliphatic carbocycles. The second kappa shape index (κ2) is 7.07. The van der Waals surface area contributed by atoms with Crippen LogP contribution in [0.15, 0.2) is 36.4 Å². The van der Waals surface area contributed by atoms with Crippen molar-refractivity contribution < 1.29 is 14.3 Å². The van der Waals surface area contributed by atoms with Crippen LogP contribution in [0.3, 0.4) is 0 Å². The highest BCUT2D eigenvalue weighted by Gasteiger charge is 2.18. The Morgan fingerprint density at radius 1 is 1.21 bits per heavy atom. The zero-order chi connectivity index (χ0) is 17.1. The second-order valence-corrected chi connectivity index (χ2v) is 7.14. The molecule has 3 rings (SSSR count). The van der Waals surface area contributed by atoms with E-state index in [9.17, 15) is 9.59 Å². The van der Waals surface area contributed by atoms with E-state index in [1.54, 1.807) is 24.3 Å². The number of esters is 1. The quantitative estimate of drug-likeness (QED) is 0.484. The summed E-state index contributed by atoms with van der Waals surface area (Å²) in [4.78, 5) is 29.9. The molecule has 0 atom stereocenters. The van der Waals surface area contributed by atoms with Crippen molar-refractivity contribution in [2.24, 2.45) is 0 Å². The third kappa shape index (κ3) is 3.29. The van der Waals surface area contributed by atoms with Crippen molar-refractivity contribution in [2.75, 3.05) is 6.61 Å². The van der Waals surface area contributed by atoms with E-state index in [1.165, 1.54) is 11.3 Å². The van der Waals surface area contributed by atoms with Gasteiger partial charge >= 0.3 is 5.97 Å².